The molecule has 2 saturated heterocycles. The molecular formula is C27H32N4O4. The van der Waals surface area contributed by atoms with E-state index in [-0.39, 0.29) is 23.8 Å². The summed E-state index contributed by atoms with van der Waals surface area (Å²) in [4.78, 5) is 41.7. The predicted octanol–water partition coefficient (Wildman–Crippen LogP) is 2.05. The molecule has 0 bridgehead atoms. The van der Waals surface area contributed by atoms with E-state index in [0.29, 0.717) is 32.5 Å². The molecule has 1 unspecified atom stereocenters. The van der Waals surface area contributed by atoms with Crippen molar-refractivity contribution in [2.24, 2.45) is 0 Å². The van der Waals surface area contributed by atoms with Gasteiger partial charge in [0.25, 0.3) is 0 Å². The predicted molar refractivity (Wildman–Crippen MR) is 130 cm³/mol. The van der Waals surface area contributed by atoms with E-state index >= 15 is 0 Å². The number of ether oxygens (including phenoxy) is 1. The Labute approximate surface area is 205 Å². The molecule has 2 aromatic carbocycles. The number of piperazine rings is 1. The van der Waals surface area contributed by atoms with Crippen LogP contribution in [-0.2, 0) is 40.6 Å². The van der Waals surface area contributed by atoms with Gasteiger partial charge in [0.2, 0.25) is 17.7 Å². The lowest BCUT2D eigenvalue weighted by atomic mass is 10.0. The van der Waals surface area contributed by atoms with E-state index < -0.39 is 0 Å². The average Bonchev–Trinajstić information content (AvgIpc) is 3.28. The van der Waals surface area contributed by atoms with Crippen LogP contribution in [0.4, 0.5) is 0 Å². The van der Waals surface area contributed by atoms with Crippen LogP contribution in [0.1, 0.15) is 42.0 Å². The molecule has 3 amide bonds. The molecule has 0 saturated carbocycles. The Bertz CT molecular complexity index is 1110. The third kappa shape index (κ3) is 5.39. The van der Waals surface area contributed by atoms with Crippen molar-refractivity contribution in [2.75, 3.05) is 26.2 Å². The second-order valence-electron chi connectivity index (χ2n) is 9.65. The van der Waals surface area contributed by atoms with E-state index in [1.165, 1.54) is 11.1 Å². The molecule has 2 fully saturated rings. The number of amides is 3. The first-order valence-corrected chi connectivity index (χ1v) is 12.3. The van der Waals surface area contributed by atoms with Gasteiger partial charge < -0.3 is 9.64 Å². The summed E-state index contributed by atoms with van der Waals surface area (Å²) < 4.78 is 6.21. The van der Waals surface area contributed by atoms with E-state index in [2.05, 4.69) is 45.4 Å². The van der Waals surface area contributed by atoms with Gasteiger partial charge in [0.1, 0.15) is 12.4 Å². The molecule has 184 valence electrons. The fourth-order valence-electron chi connectivity index (χ4n) is 5.18. The Morgan fingerprint density at radius 1 is 1.00 bits per heavy atom. The van der Waals surface area contributed by atoms with Crippen molar-refractivity contribution in [2.45, 2.75) is 52.0 Å². The zero-order valence-electron chi connectivity index (χ0n) is 20.2. The lowest BCUT2D eigenvalue weighted by Gasteiger charge is -2.34. The van der Waals surface area contributed by atoms with Crippen molar-refractivity contribution in [1.29, 1.82) is 0 Å². The maximum Gasteiger partial charge on any atom is 0.243 e. The molecule has 0 aliphatic carbocycles. The zero-order chi connectivity index (χ0) is 24.4. The summed E-state index contributed by atoms with van der Waals surface area (Å²) in [6.07, 6.45) is 0.949. The number of imide groups is 1. The highest BCUT2D eigenvalue weighted by Gasteiger charge is 2.35. The number of nitrogens with zero attached hydrogens (tertiary/aromatic N) is 3. The highest BCUT2D eigenvalue weighted by molar-refractivity contribution is 6.00. The van der Waals surface area contributed by atoms with Gasteiger partial charge in [-0.1, -0.05) is 36.4 Å². The first-order chi connectivity index (χ1) is 17.0. The molecule has 1 N–H and O–H groups in total. The monoisotopic (exact) mass is 476 g/mol. The van der Waals surface area contributed by atoms with Crippen molar-refractivity contribution < 1.29 is 19.1 Å². The standard InChI is InChI=1S/C27H32N4O4/c1-19(32)30-13-11-29(12-14-30)15-20-5-7-21(8-6-20)18-35-25-4-2-3-22-16-31(17-23(22)25)24-9-10-26(33)28-27(24)34/h2-8,24H,9-18H2,1H3,(H,28,33,34). The first kappa shape index (κ1) is 23.5. The van der Waals surface area contributed by atoms with E-state index in [4.69, 9.17) is 4.74 Å². The van der Waals surface area contributed by atoms with Gasteiger partial charge in [0.15, 0.2) is 0 Å². The maximum absolute atomic E-state index is 12.3. The molecule has 3 aliphatic rings. The summed E-state index contributed by atoms with van der Waals surface area (Å²) >= 11 is 0. The van der Waals surface area contributed by atoms with Crippen LogP contribution in [0, 0.1) is 0 Å². The average molecular weight is 477 g/mol. The van der Waals surface area contributed by atoms with E-state index in [9.17, 15) is 14.4 Å². The van der Waals surface area contributed by atoms with Crippen molar-refractivity contribution in [3.05, 3.63) is 64.7 Å². The molecule has 8 nitrogen and oxygen atoms in total. The summed E-state index contributed by atoms with van der Waals surface area (Å²) in [5, 5.41) is 2.46. The van der Waals surface area contributed by atoms with Crippen molar-refractivity contribution >= 4 is 17.7 Å². The van der Waals surface area contributed by atoms with Gasteiger partial charge in [-0.2, -0.15) is 0 Å². The lowest BCUT2D eigenvalue weighted by molar-refractivity contribution is -0.137. The Morgan fingerprint density at radius 3 is 2.46 bits per heavy atom. The van der Waals surface area contributed by atoms with Crippen molar-refractivity contribution in [3.63, 3.8) is 0 Å². The molecule has 5 rings (SSSR count). The lowest BCUT2D eigenvalue weighted by Crippen LogP contribution is -2.50. The van der Waals surface area contributed by atoms with Gasteiger partial charge in [-0.05, 0) is 29.2 Å². The molecular weight excluding hydrogens is 444 g/mol. The molecule has 1 atom stereocenters. The fraction of sp³-hybridized carbons (Fsp3) is 0.444. The molecule has 8 heteroatoms. The summed E-state index contributed by atoms with van der Waals surface area (Å²) in [6.45, 7) is 7.73. The number of nitrogens with one attached hydrogen (secondary N) is 1. The van der Waals surface area contributed by atoms with Gasteiger partial charge in [-0.3, -0.25) is 29.5 Å². The van der Waals surface area contributed by atoms with Crippen LogP contribution in [0.15, 0.2) is 42.5 Å². The van der Waals surface area contributed by atoms with Gasteiger partial charge >= 0.3 is 0 Å². The Morgan fingerprint density at radius 2 is 1.74 bits per heavy atom. The second kappa shape index (κ2) is 10.2. The molecule has 3 aliphatic heterocycles. The SMILES string of the molecule is CC(=O)N1CCN(Cc2ccc(COc3cccc4c3CN(C3CCC(=O)NC3=O)C4)cc2)CC1. The summed E-state index contributed by atoms with van der Waals surface area (Å²) in [5.74, 6) is 0.623. The van der Waals surface area contributed by atoms with Gasteiger partial charge in [0, 0.05) is 64.7 Å². The fourth-order valence-corrected chi connectivity index (χ4v) is 5.18. The summed E-state index contributed by atoms with van der Waals surface area (Å²) in [5.41, 5.74) is 4.66. The highest BCUT2D eigenvalue weighted by atomic mass is 16.5. The number of rotatable bonds is 6. The number of benzene rings is 2. The van der Waals surface area contributed by atoms with Crippen LogP contribution in [0.5, 0.6) is 5.75 Å². The number of carbonyl (C=O) groups is 3. The Kier molecular flexibility index (Phi) is 6.83. The van der Waals surface area contributed by atoms with Crippen LogP contribution in [0.3, 0.4) is 0 Å². The number of carbonyl (C=O) groups excluding carboxylic acids is 3. The second-order valence-corrected chi connectivity index (χ2v) is 9.65. The van der Waals surface area contributed by atoms with Crippen LogP contribution < -0.4 is 10.1 Å². The third-order valence-corrected chi connectivity index (χ3v) is 7.26. The van der Waals surface area contributed by atoms with Crippen molar-refractivity contribution in [3.8, 4) is 5.75 Å². The molecule has 3 heterocycles. The third-order valence-electron chi connectivity index (χ3n) is 7.26. The minimum atomic E-state index is -0.272. The van der Waals surface area contributed by atoms with Crippen LogP contribution in [0.25, 0.3) is 0 Å². The number of fused-ring (bicyclic) bond motifs is 1. The molecule has 0 spiro atoms. The summed E-state index contributed by atoms with van der Waals surface area (Å²) in [7, 11) is 0. The number of hydrogen-bond acceptors (Lipinski definition) is 6. The van der Waals surface area contributed by atoms with Crippen LogP contribution in [-0.4, -0.2) is 64.6 Å². The largest absolute Gasteiger partial charge is 0.489 e. The normalized spacial score (nSPS) is 21.1. The number of piperidine rings is 1. The highest BCUT2D eigenvalue weighted by Crippen LogP contribution is 2.33. The topological polar surface area (TPSA) is 82.2 Å². The molecule has 0 radical (unpaired) electrons. The smallest absolute Gasteiger partial charge is 0.243 e. The zero-order valence-corrected chi connectivity index (χ0v) is 20.2. The first-order valence-electron chi connectivity index (χ1n) is 12.3. The molecule has 35 heavy (non-hydrogen) atoms. The van der Waals surface area contributed by atoms with Gasteiger partial charge in [-0.25, -0.2) is 0 Å². The van der Waals surface area contributed by atoms with E-state index in [1.54, 1.807) is 6.92 Å². The van der Waals surface area contributed by atoms with Gasteiger partial charge in [0.05, 0.1) is 6.04 Å². The van der Waals surface area contributed by atoms with E-state index in [0.717, 1.165) is 49.6 Å². The minimum absolute atomic E-state index is 0.154. The Hall–Kier alpha value is -3.23. The van der Waals surface area contributed by atoms with Crippen molar-refractivity contribution in [1.82, 2.24) is 20.0 Å². The number of hydrogen-bond donors (Lipinski definition) is 1. The summed E-state index contributed by atoms with van der Waals surface area (Å²) in [6, 6.07) is 14.3. The van der Waals surface area contributed by atoms with E-state index in [1.807, 2.05) is 17.0 Å². The molecule has 2 aromatic rings. The van der Waals surface area contributed by atoms with Crippen LogP contribution in [0.2, 0.25) is 0 Å². The quantitative estimate of drug-likeness (QED) is 0.643. The Balaban J connectivity index is 1.15. The maximum atomic E-state index is 12.3. The minimum Gasteiger partial charge on any atom is -0.489 e. The van der Waals surface area contributed by atoms with Gasteiger partial charge in [-0.15, -0.1) is 0 Å². The van der Waals surface area contributed by atoms with Crippen LogP contribution >= 0.6 is 0 Å². The molecule has 0 aromatic heterocycles.